The van der Waals surface area contributed by atoms with Crippen molar-refractivity contribution in [3.8, 4) is 17.2 Å². The number of benzene rings is 2. The molecule has 1 aliphatic rings. The topological polar surface area (TPSA) is 60.0 Å². The number of amides is 1. The molecule has 0 radical (unpaired) electrons. The molecule has 2 aromatic rings. The highest BCUT2D eigenvalue weighted by Gasteiger charge is 2.32. The molecule has 0 spiro atoms. The molecule has 28 heavy (non-hydrogen) atoms. The van der Waals surface area contributed by atoms with E-state index in [0.29, 0.717) is 40.4 Å². The fourth-order valence-electron chi connectivity index (χ4n) is 2.75. The van der Waals surface area contributed by atoms with Gasteiger partial charge in [0.05, 0.1) is 26.5 Å². The Morgan fingerprint density at radius 2 is 1.86 bits per heavy atom. The van der Waals surface area contributed by atoms with Crippen molar-refractivity contribution < 1.29 is 19.0 Å². The molecule has 1 N–H and O–H groups in total. The number of carbonyl (C=O) groups excluding carboxylic acids is 1. The number of hydrogen-bond donors (Lipinski definition) is 1. The molecule has 0 aliphatic carbocycles. The fourth-order valence-corrected chi connectivity index (χ4v) is 3.48. The maximum Gasteiger partial charge on any atom is 0.281 e. The number of ether oxygens (including phenoxy) is 3. The van der Waals surface area contributed by atoms with Crippen LogP contribution in [0, 0.1) is 0 Å². The van der Waals surface area contributed by atoms with Gasteiger partial charge in [0.1, 0.15) is 11.4 Å². The Kier molecular flexibility index (Phi) is 6.21. The SMILES string of the molecule is CCOc1cc(Br)c(/C=C2/NC(=S)N(c3ccc(OC)cc3)C2=O)cc1OC. The molecule has 1 aliphatic heterocycles. The molecule has 0 unspecified atom stereocenters. The summed E-state index contributed by atoms with van der Waals surface area (Å²) in [5.41, 5.74) is 1.79. The van der Waals surface area contributed by atoms with E-state index in [1.54, 1.807) is 50.6 Å². The molecule has 8 heteroatoms. The van der Waals surface area contributed by atoms with Crippen molar-refractivity contribution in [1.82, 2.24) is 5.32 Å². The molecule has 1 fully saturated rings. The molecule has 3 rings (SSSR count). The number of thiocarbonyl (C=S) groups is 1. The number of rotatable bonds is 6. The number of halogens is 1. The van der Waals surface area contributed by atoms with Crippen LogP contribution in [0.3, 0.4) is 0 Å². The minimum atomic E-state index is -0.241. The van der Waals surface area contributed by atoms with Gasteiger partial charge in [0, 0.05) is 4.47 Å². The third-order valence-corrected chi connectivity index (χ3v) is 5.06. The molecular weight excluding hydrogens is 444 g/mol. The second-order valence-corrected chi connectivity index (χ2v) is 7.03. The quantitative estimate of drug-likeness (QED) is 0.514. The average Bonchev–Trinajstić information content (AvgIpc) is 2.97. The predicted molar refractivity (Wildman–Crippen MR) is 116 cm³/mol. The Morgan fingerprint density at radius 1 is 1.14 bits per heavy atom. The van der Waals surface area contributed by atoms with Crippen LogP contribution in [0.15, 0.2) is 46.6 Å². The molecule has 0 aromatic heterocycles. The van der Waals surface area contributed by atoms with Gasteiger partial charge in [-0.25, -0.2) is 0 Å². The van der Waals surface area contributed by atoms with E-state index in [1.165, 1.54) is 4.90 Å². The van der Waals surface area contributed by atoms with Gasteiger partial charge in [-0.2, -0.15) is 0 Å². The molecule has 0 atom stereocenters. The van der Waals surface area contributed by atoms with Crippen LogP contribution in [-0.4, -0.2) is 31.8 Å². The van der Waals surface area contributed by atoms with E-state index in [9.17, 15) is 4.79 Å². The van der Waals surface area contributed by atoms with Crippen molar-refractivity contribution in [2.75, 3.05) is 25.7 Å². The largest absolute Gasteiger partial charge is 0.497 e. The first kappa shape index (κ1) is 20.2. The smallest absolute Gasteiger partial charge is 0.281 e. The maximum absolute atomic E-state index is 12.9. The van der Waals surface area contributed by atoms with Crippen molar-refractivity contribution in [3.63, 3.8) is 0 Å². The summed E-state index contributed by atoms with van der Waals surface area (Å²) < 4.78 is 16.9. The van der Waals surface area contributed by atoms with Crippen LogP contribution in [0.4, 0.5) is 5.69 Å². The summed E-state index contributed by atoms with van der Waals surface area (Å²) in [6.07, 6.45) is 1.72. The fraction of sp³-hybridized carbons (Fsp3) is 0.200. The van der Waals surface area contributed by atoms with Crippen LogP contribution >= 0.6 is 28.1 Å². The number of methoxy groups -OCH3 is 2. The number of nitrogens with zero attached hydrogens (tertiary/aromatic N) is 1. The molecule has 1 amide bonds. The number of nitrogens with one attached hydrogen (secondary N) is 1. The summed E-state index contributed by atoms with van der Waals surface area (Å²) in [5.74, 6) is 1.67. The highest BCUT2D eigenvalue weighted by atomic mass is 79.9. The molecular formula is C20H19BrN2O4S. The van der Waals surface area contributed by atoms with Gasteiger partial charge in [-0.3, -0.25) is 9.69 Å². The second kappa shape index (κ2) is 8.62. The molecule has 146 valence electrons. The van der Waals surface area contributed by atoms with Crippen LogP contribution in [0.25, 0.3) is 6.08 Å². The summed E-state index contributed by atoms with van der Waals surface area (Å²) in [5, 5.41) is 3.29. The first-order valence-corrected chi connectivity index (χ1v) is 9.70. The number of hydrogen-bond acceptors (Lipinski definition) is 5. The second-order valence-electron chi connectivity index (χ2n) is 5.78. The van der Waals surface area contributed by atoms with Gasteiger partial charge in [0.25, 0.3) is 5.91 Å². The van der Waals surface area contributed by atoms with E-state index in [-0.39, 0.29) is 5.91 Å². The van der Waals surface area contributed by atoms with E-state index in [0.717, 1.165) is 10.0 Å². The summed E-state index contributed by atoms with van der Waals surface area (Å²) in [6, 6.07) is 10.7. The number of carbonyl (C=O) groups is 1. The molecule has 2 aromatic carbocycles. The lowest BCUT2D eigenvalue weighted by Gasteiger charge is -2.14. The van der Waals surface area contributed by atoms with Crippen LogP contribution in [0.5, 0.6) is 17.2 Å². The zero-order chi connectivity index (χ0) is 20.3. The molecule has 0 saturated carbocycles. The lowest BCUT2D eigenvalue weighted by atomic mass is 10.1. The molecule has 1 heterocycles. The summed E-state index contributed by atoms with van der Waals surface area (Å²) in [7, 11) is 3.16. The maximum atomic E-state index is 12.9. The highest BCUT2D eigenvalue weighted by Crippen LogP contribution is 2.35. The van der Waals surface area contributed by atoms with Crippen LogP contribution in [-0.2, 0) is 4.79 Å². The van der Waals surface area contributed by atoms with E-state index < -0.39 is 0 Å². The van der Waals surface area contributed by atoms with Gasteiger partial charge >= 0.3 is 0 Å². The Balaban J connectivity index is 1.93. The zero-order valence-corrected chi connectivity index (χ0v) is 18.0. The Bertz CT molecular complexity index is 944. The van der Waals surface area contributed by atoms with Crippen molar-refractivity contribution in [1.29, 1.82) is 0 Å². The summed E-state index contributed by atoms with van der Waals surface area (Å²) in [4.78, 5) is 14.4. The van der Waals surface area contributed by atoms with Crippen LogP contribution in [0.2, 0.25) is 0 Å². The normalized spacial score (nSPS) is 15.0. The summed E-state index contributed by atoms with van der Waals surface area (Å²) in [6.45, 7) is 2.42. The molecule has 6 nitrogen and oxygen atoms in total. The van der Waals surface area contributed by atoms with E-state index in [2.05, 4.69) is 21.2 Å². The van der Waals surface area contributed by atoms with Gasteiger partial charge < -0.3 is 19.5 Å². The van der Waals surface area contributed by atoms with E-state index in [4.69, 9.17) is 26.4 Å². The van der Waals surface area contributed by atoms with Gasteiger partial charge in [0.15, 0.2) is 16.6 Å². The van der Waals surface area contributed by atoms with Crippen LogP contribution < -0.4 is 24.4 Å². The van der Waals surface area contributed by atoms with Gasteiger partial charge in [-0.1, -0.05) is 15.9 Å². The predicted octanol–water partition coefficient (Wildman–Crippen LogP) is 4.13. The van der Waals surface area contributed by atoms with Gasteiger partial charge in [-0.05, 0) is 67.2 Å². The monoisotopic (exact) mass is 462 g/mol. The van der Waals surface area contributed by atoms with Crippen molar-refractivity contribution in [3.05, 3.63) is 52.1 Å². The Morgan fingerprint density at radius 3 is 2.46 bits per heavy atom. The third kappa shape index (κ3) is 3.98. The Labute approximate surface area is 177 Å². The zero-order valence-electron chi connectivity index (χ0n) is 15.6. The minimum Gasteiger partial charge on any atom is -0.497 e. The highest BCUT2D eigenvalue weighted by molar-refractivity contribution is 9.10. The van der Waals surface area contributed by atoms with Gasteiger partial charge in [0.2, 0.25) is 0 Å². The standard InChI is InChI=1S/C20H19BrN2O4S/c1-4-27-18-11-15(21)12(10-17(18)26-3)9-16-19(24)23(20(28)22-16)13-5-7-14(25-2)8-6-13/h5-11H,4H2,1-3H3,(H,22,28)/b16-9+. The van der Waals surface area contributed by atoms with E-state index in [1.807, 2.05) is 13.0 Å². The van der Waals surface area contributed by atoms with Gasteiger partial charge in [-0.15, -0.1) is 0 Å². The first-order chi connectivity index (χ1) is 13.5. The lowest BCUT2D eigenvalue weighted by Crippen LogP contribution is -2.30. The molecule has 0 bridgehead atoms. The van der Waals surface area contributed by atoms with E-state index >= 15 is 0 Å². The lowest BCUT2D eigenvalue weighted by molar-refractivity contribution is -0.113. The summed E-state index contributed by atoms with van der Waals surface area (Å²) >= 11 is 8.88. The van der Waals surface area contributed by atoms with Crippen molar-refractivity contribution in [2.45, 2.75) is 6.92 Å². The molecule has 1 saturated heterocycles. The van der Waals surface area contributed by atoms with Crippen molar-refractivity contribution >= 4 is 50.9 Å². The third-order valence-electron chi connectivity index (χ3n) is 4.09. The number of anilines is 1. The Hall–Kier alpha value is -2.58. The van der Waals surface area contributed by atoms with Crippen molar-refractivity contribution in [2.24, 2.45) is 0 Å². The first-order valence-electron chi connectivity index (χ1n) is 8.50. The van der Waals surface area contributed by atoms with Crippen LogP contribution in [0.1, 0.15) is 12.5 Å². The minimum absolute atomic E-state index is 0.241. The average molecular weight is 463 g/mol.